The molecule has 0 aliphatic carbocycles. The molecule has 19 heavy (non-hydrogen) atoms. The number of benzene rings is 1. The van der Waals surface area contributed by atoms with Crippen LogP contribution in [0.2, 0.25) is 5.02 Å². The van der Waals surface area contributed by atoms with Gasteiger partial charge in [-0.25, -0.2) is 0 Å². The van der Waals surface area contributed by atoms with E-state index < -0.39 is 0 Å². The van der Waals surface area contributed by atoms with Crippen molar-refractivity contribution in [2.24, 2.45) is 0 Å². The van der Waals surface area contributed by atoms with E-state index in [1.807, 2.05) is 32.2 Å². The van der Waals surface area contributed by atoms with Gasteiger partial charge in [0, 0.05) is 36.9 Å². The molecule has 0 aromatic heterocycles. The minimum atomic E-state index is -0.271. The topological polar surface area (TPSA) is 35.5 Å². The Hall–Kier alpha value is -0.770. The zero-order valence-corrected chi connectivity index (χ0v) is 13.0. The number of aliphatic hydroxyl groups is 1. The maximum atomic E-state index is 9.38. The second kappa shape index (κ2) is 7.73. The highest BCUT2D eigenvalue weighted by Crippen LogP contribution is 2.24. The zero-order chi connectivity index (χ0) is 14.4. The summed E-state index contributed by atoms with van der Waals surface area (Å²) in [4.78, 5) is 2.17. The molecule has 2 N–H and O–H groups in total. The molecular weight excluding hydrogens is 260 g/mol. The number of rotatable bonds is 7. The highest BCUT2D eigenvalue weighted by atomic mass is 35.5. The molecule has 0 spiro atoms. The van der Waals surface area contributed by atoms with Crippen LogP contribution in [0.1, 0.15) is 32.8 Å². The summed E-state index contributed by atoms with van der Waals surface area (Å²) in [5.41, 5.74) is 2.35. The molecule has 1 aromatic rings. The highest BCUT2D eigenvalue weighted by Gasteiger charge is 2.09. The van der Waals surface area contributed by atoms with Crippen LogP contribution in [0.15, 0.2) is 18.2 Å². The smallest absolute Gasteiger partial charge is 0.0528 e. The minimum absolute atomic E-state index is 0.271. The van der Waals surface area contributed by atoms with Crippen molar-refractivity contribution in [3.8, 4) is 0 Å². The van der Waals surface area contributed by atoms with Crippen molar-refractivity contribution in [3.05, 3.63) is 28.8 Å². The van der Waals surface area contributed by atoms with E-state index in [9.17, 15) is 5.11 Å². The van der Waals surface area contributed by atoms with E-state index >= 15 is 0 Å². The summed E-state index contributed by atoms with van der Waals surface area (Å²) in [6.45, 7) is 7.69. The van der Waals surface area contributed by atoms with Gasteiger partial charge >= 0.3 is 0 Å². The van der Waals surface area contributed by atoms with Crippen molar-refractivity contribution >= 4 is 17.3 Å². The fraction of sp³-hybridized carbons (Fsp3) is 0.600. The molecule has 1 rings (SSSR count). The Balaban J connectivity index is 2.79. The van der Waals surface area contributed by atoms with E-state index in [1.54, 1.807) is 0 Å². The van der Waals surface area contributed by atoms with Gasteiger partial charge in [-0.1, -0.05) is 25.4 Å². The van der Waals surface area contributed by atoms with Crippen LogP contribution < -0.4 is 10.2 Å². The van der Waals surface area contributed by atoms with Gasteiger partial charge in [0.25, 0.3) is 0 Å². The van der Waals surface area contributed by atoms with Gasteiger partial charge in [-0.2, -0.15) is 0 Å². The summed E-state index contributed by atoms with van der Waals surface area (Å²) in [6.07, 6.45) is 0.489. The first-order chi connectivity index (χ1) is 8.90. The molecule has 1 atom stereocenters. The van der Waals surface area contributed by atoms with Crippen LogP contribution in [0.3, 0.4) is 0 Å². The molecule has 0 aliphatic heterocycles. The fourth-order valence-corrected chi connectivity index (χ4v) is 2.08. The monoisotopic (exact) mass is 284 g/mol. The zero-order valence-electron chi connectivity index (χ0n) is 12.3. The van der Waals surface area contributed by atoms with E-state index in [0.717, 1.165) is 24.5 Å². The van der Waals surface area contributed by atoms with Gasteiger partial charge in [-0.3, -0.25) is 0 Å². The van der Waals surface area contributed by atoms with Gasteiger partial charge in [0.1, 0.15) is 0 Å². The van der Waals surface area contributed by atoms with Crippen LogP contribution in [-0.4, -0.2) is 30.8 Å². The van der Waals surface area contributed by atoms with Gasteiger partial charge in [0.05, 0.1) is 6.10 Å². The van der Waals surface area contributed by atoms with E-state index in [0.29, 0.717) is 6.04 Å². The molecule has 0 aliphatic rings. The van der Waals surface area contributed by atoms with Crippen LogP contribution in [0, 0.1) is 0 Å². The first-order valence-corrected chi connectivity index (χ1v) is 7.19. The lowest BCUT2D eigenvalue weighted by molar-refractivity contribution is 0.187. The fourth-order valence-electron chi connectivity index (χ4n) is 1.88. The number of hydrogen-bond donors (Lipinski definition) is 2. The Morgan fingerprint density at radius 3 is 2.58 bits per heavy atom. The summed E-state index contributed by atoms with van der Waals surface area (Å²) >= 11 is 6.08. The molecule has 0 saturated carbocycles. The molecule has 108 valence electrons. The van der Waals surface area contributed by atoms with Crippen molar-refractivity contribution in [2.75, 3.05) is 18.5 Å². The van der Waals surface area contributed by atoms with Crippen molar-refractivity contribution in [1.82, 2.24) is 5.32 Å². The Morgan fingerprint density at radius 2 is 2.00 bits per heavy atom. The number of aliphatic hydroxyl groups excluding tert-OH is 1. The van der Waals surface area contributed by atoms with E-state index in [1.165, 1.54) is 11.3 Å². The van der Waals surface area contributed by atoms with Crippen molar-refractivity contribution in [3.63, 3.8) is 0 Å². The molecule has 0 saturated heterocycles. The van der Waals surface area contributed by atoms with E-state index in [2.05, 4.69) is 24.1 Å². The predicted octanol–water partition coefficient (Wildman–Crippen LogP) is 3.05. The molecule has 1 unspecified atom stereocenters. The van der Waals surface area contributed by atoms with Gasteiger partial charge in [0.2, 0.25) is 0 Å². The van der Waals surface area contributed by atoms with Crippen molar-refractivity contribution in [2.45, 2.75) is 45.9 Å². The first-order valence-electron chi connectivity index (χ1n) is 6.81. The lowest BCUT2D eigenvalue weighted by Gasteiger charge is -2.24. The lowest BCUT2D eigenvalue weighted by atomic mass is 10.1. The molecule has 4 heteroatoms. The van der Waals surface area contributed by atoms with Crippen LogP contribution in [0.4, 0.5) is 5.69 Å². The van der Waals surface area contributed by atoms with Crippen LogP contribution >= 0.6 is 11.6 Å². The lowest BCUT2D eigenvalue weighted by Crippen LogP contribution is -2.26. The van der Waals surface area contributed by atoms with Gasteiger partial charge < -0.3 is 15.3 Å². The molecule has 0 radical (unpaired) electrons. The molecule has 1 aromatic carbocycles. The first kappa shape index (κ1) is 16.3. The summed E-state index contributed by atoms with van der Waals surface area (Å²) in [6, 6.07) is 6.40. The number of anilines is 1. The van der Waals surface area contributed by atoms with E-state index in [4.69, 9.17) is 11.6 Å². The average Bonchev–Trinajstić information content (AvgIpc) is 2.33. The van der Waals surface area contributed by atoms with Gasteiger partial charge in [-0.05, 0) is 37.1 Å². The molecule has 0 bridgehead atoms. The number of nitrogens with zero attached hydrogens (tertiary/aromatic N) is 1. The Bertz CT molecular complexity index is 394. The largest absolute Gasteiger partial charge is 0.393 e. The summed E-state index contributed by atoms with van der Waals surface area (Å²) in [7, 11) is 2.05. The quantitative estimate of drug-likeness (QED) is 0.808. The third-order valence-corrected chi connectivity index (χ3v) is 3.27. The summed E-state index contributed by atoms with van der Waals surface area (Å²) in [5.74, 6) is 0. The second-order valence-electron chi connectivity index (χ2n) is 5.37. The van der Waals surface area contributed by atoms with Crippen LogP contribution in [0.25, 0.3) is 0 Å². The molecule has 0 heterocycles. The van der Waals surface area contributed by atoms with Gasteiger partial charge in [-0.15, -0.1) is 0 Å². The predicted molar refractivity (Wildman–Crippen MR) is 83.0 cm³/mol. The summed E-state index contributed by atoms with van der Waals surface area (Å²) < 4.78 is 0. The van der Waals surface area contributed by atoms with Crippen molar-refractivity contribution < 1.29 is 5.11 Å². The van der Waals surface area contributed by atoms with Gasteiger partial charge in [0.15, 0.2) is 0 Å². The minimum Gasteiger partial charge on any atom is -0.393 e. The Kier molecular flexibility index (Phi) is 6.63. The molecule has 0 fully saturated rings. The third-order valence-electron chi connectivity index (χ3n) is 3.04. The van der Waals surface area contributed by atoms with Crippen LogP contribution in [0.5, 0.6) is 0 Å². The van der Waals surface area contributed by atoms with E-state index in [-0.39, 0.29) is 6.10 Å². The summed E-state index contributed by atoms with van der Waals surface area (Å²) in [5, 5.41) is 13.5. The number of hydrogen-bond acceptors (Lipinski definition) is 3. The maximum Gasteiger partial charge on any atom is 0.0528 e. The van der Waals surface area contributed by atoms with Crippen molar-refractivity contribution in [1.29, 1.82) is 0 Å². The third kappa shape index (κ3) is 5.81. The number of nitrogens with one attached hydrogen (secondary N) is 1. The highest BCUT2D eigenvalue weighted by molar-refractivity contribution is 6.30. The molecule has 0 amide bonds. The maximum absolute atomic E-state index is 9.38. The molecular formula is C15H25ClN2O. The standard InChI is InChI=1S/C15H25ClN2O/c1-11(2)17-10-13-9-14(16)5-6-15(13)18(4)8-7-12(3)19/h5-6,9,11-12,17,19H,7-8,10H2,1-4H3. The second-order valence-corrected chi connectivity index (χ2v) is 5.80. The number of halogens is 1. The van der Waals surface area contributed by atoms with Crippen LogP contribution in [-0.2, 0) is 6.54 Å². The Labute approximate surface area is 121 Å². The average molecular weight is 285 g/mol. The normalized spacial score (nSPS) is 12.8. The Morgan fingerprint density at radius 1 is 1.32 bits per heavy atom. The molecule has 3 nitrogen and oxygen atoms in total. The SMILES string of the molecule is CC(O)CCN(C)c1ccc(Cl)cc1CNC(C)C.